The van der Waals surface area contributed by atoms with E-state index in [2.05, 4.69) is 26.2 Å². The molecule has 1 heterocycles. The van der Waals surface area contributed by atoms with Gasteiger partial charge >= 0.3 is 6.08 Å². The fourth-order valence-electron chi connectivity index (χ4n) is 1.60. The van der Waals surface area contributed by atoms with Crippen molar-refractivity contribution in [2.24, 2.45) is 0 Å². The predicted molar refractivity (Wildman–Crippen MR) is 75.6 cm³/mol. The molecule has 0 radical (unpaired) electrons. The summed E-state index contributed by atoms with van der Waals surface area (Å²) >= 11 is 9.40. The lowest BCUT2D eigenvalue weighted by Crippen LogP contribution is -2.15. The van der Waals surface area contributed by atoms with Gasteiger partial charge in [-0.15, -0.1) is 0 Å². The van der Waals surface area contributed by atoms with Crippen molar-refractivity contribution in [2.75, 3.05) is 0 Å². The van der Waals surface area contributed by atoms with Crippen molar-refractivity contribution in [3.8, 4) is 11.8 Å². The lowest BCUT2D eigenvalue weighted by molar-refractivity contribution is 0.330. The number of ether oxygens (including phenoxy) is 1. The van der Waals surface area contributed by atoms with Gasteiger partial charge in [-0.1, -0.05) is 27.5 Å². The second-order valence-electron chi connectivity index (χ2n) is 4.44. The van der Waals surface area contributed by atoms with Gasteiger partial charge < -0.3 is 14.5 Å². The highest BCUT2D eigenvalue weighted by Gasteiger charge is 2.20. The Bertz CT molecular complexity index is 584. The fourth-order valence-corrected chi connectivity index (χ4v) is 2.10. The maximum absolute atomic E-state index is 6.04. The number of nitrogens with zero attached hydrogens (tertiary/aromatic N) is 1. The zero-order chi connectivity index (χ0) is 13.2. The third-order valence-electron chi connectivity index (χ3n) is 2.77. The van der Waals surface area contributed by atoms with E-state index in [4.69, 9.17) is 20.8 Å². The number of rotatable bonds is 5. The Balaban J connectivity index is 1.66. The molecule has 19 heavy (non-hydrogen) atoms. The first kappa shape index (κ1) is 13.0. The SMILES string of the molecule is Clc1ccc(Br)cc1Oc1nc(CNC2CC2)co1. The van der Waals surface area contributed by atoms with Crippen molar-refractivity contribution >= 4 is 27.5 Å². The van der Waals surface area contributed by atoms with Crippen LogP contribution < -0.4 is 10.1 Å². The molecule has 0 unspecified atom stereocenters. The van der Waals surface area contributed by atoms with E-state index >= 15 is 0 Å². The molecular weight excluding hydrogens is 332 g/mol. The summed E-state index contributed by atoms with van der Waals surface area (Å²) in [7, 11) is 0. The third kappa shape index (κ3) is 3.49. The molecule has 1 fully saturated rings. The van der Waals surface area contributed by atoms with Crippen LogP contribution >= 0.6 is 27.5 Å². The standard InChI is InChI=1S/C13H12BrClN2O2/c14-8-1-4-11(15)12(5-8)19-13-17-10(7-18-13)6-16-9-2-3-9/h1,4-5,7,9,16H,2-3,6H2. The maximum atomic E-state index is 6.04. The topological polar surface area (TPSA) is 47.3 Å². The first-order valence-corrected chi connectivity index (χ1v) is 7.18. The highest BCUT2D eigenvalue weighted by Crippen LogP contribution is 2.31. The summed E-state index contributed by atoms with van der Waals surface area (Å²) in [6.07, 6.45) is 4.29. The second kappa shape index (κ2) is 5.53. The van der Waals surface area contributed by atoms with Gasteiger partial charge in [-0.2, -0.15) is 4.98 Å². The van der Waals surface area contributed by atoms with E-state index in [9.17, 15) is 0 Å². The summed E-state index contributed by atoms with van der Waals surface area (Å²) in [5.74, 6) is 0.514. The van der Waals surface area contributed by atoms with Gasteiger partial charge in [-0.3, -0.25) is 0 Å². The van der Waals surface area contributed by atoms with Crippen molar-refractivity contribution < 1.29 is 9.15 Å². The molecule has 0 aliphatic heterocycles. The molecule has 1 aromatic heterocycles. The Morgan fingerprint density at radius 2 is 2.32 bits per heavy atom. The van der Waals surface area contributed by atoms with Crippen molar-refractivity contribution in [3.05, 3.63) is 39.7 Å². The maximum Gasteiger partial charge on any atom is 0.399 e. The van der Waals surface area contributed by atoms with Crippen LogP contribution in [-0.2, 0) is 6.54 Å². The van der Waals surface area contributed by atoms with E-state index in [1.54, 1.807) is 18.4 Å². The van der Waals surface area contributed by atoms with Gasteiger partial charge in [0.2, 0.25) is 0 Å². The number of halogens is 2. The molecule has 0 spiro atoms. The normalized spacial score (nSPS) is 14.6. The molecule has 0 bridgehead atoms. The van der Waals surface area contributed by atoms with E-state index in [1.807, 2.05) is 6.07 Å². The van der Waals surface area contributed by atoms with Crippen LogP contribution in [0, 0.1) is 0 Å². The summed E-state index contributed by atoms with van der Waals surface area (Å²) in [4.78, 5) is 4.25. The Morgan fingerprint density at radius 3 is 3.11 bits per heavy atom. The molecule has 1 aliphatic rings. The van der Waals surface area contributed by atoms with Crippen LogP contribution in [0.15, 0.2) is 33.4 Å². The van der Waals surface area contributed by atoms with Crippen molar-refractivity contribution in [3.63, 3.8) is 0 Å². The lowest BCUT2D eigenvalue weighted by Gasteiger charge is -2.03. The highest BCUT2D eigenvalue weighted by atomic mass is 79.9. The fraction of sp³-hybridized carbons (Fsp3) is 0.308. The summed E-state index contributed by atoms with van der Waals surface area (Å²) in [5.41, 5.74) is 0.827. The Labute approximate surface area is 124 Å². The Morgan fingerprint density at radius 1 is 1.47 bits per heavy atom. The van der Waals surface area contributed by atoms with E-state index in [-0.39, 0.29) is 6.08 Å². The zero-order valence-corrected chi connectivity index (χ0v) is 12.4. The van der Waals surface area contributed by atoms with Crippen LogP contribution in [0.5, 0.6) is 11.8 Å². The van der Waals surface area contributed by atoms with Gasteiger partial charge in [-0.25, -0.2) is 0 Å². The van der Waals surface area contributed by atoms with Crippen molar-refractivity contribution in [1.82, 2.24) is 10.3 Å². The second-order valence-corrected chi connectivity index (χ2v) is 5.76. The lowest BCUT2D eigenvalue weighted by atomic mass is 10.3. The van der Waals surface area contributed by atoms with Crippen LogP contribution in [0.3, 0.4) is 0 Å². The minimum Gasteiger partial charge on any atom is -0.417 e. The number of hydrogen-bond donors (Lipinski definition) is 1. The van der Waals surface area contributed by atoms with Gasteiger partial charge in [-0.05, 0) is 31.0 Å². The molecule has 2 aromatic rings. The summed E-state index contributed by atoms with van der Waals surface area (Å²) in [5, 5.41) is 3.87. The summed E-state index contributed by atoms with van der Waals surface area (Å²) in [6.45, 7) is 0.698. The monoisotopic (exact) mass is 342 g/mol. The number of benzene rings is 1. The molecular formula is C13H12BrClN2O2. The molecule has 1 N–H and O–H groups in total. The average Bonchev–Trinajstić information content (AvgIpc) is 3.12. The van der Waals surface area contributed by atoms with Crippen LogP contribution in [0.2, 0.25) is 5.02 Å². The molecule has 1 aromatic carbocycles. The van der Waals surface area contributed by atoms with E-state index in [0.717, 1.165) is 10.2 Å². The van der Waals surface area contributed by atoms with Gasteiger partial charge in [0, 0.05) is 17.1 Å². The molecule has 3 rings (SSSR count). The highest BCUT2D eigenvalue weighted by molar-refractivity contribution is 9.10. The molecule has 100 valence electrons. The van der Waals surface area contributed by atoms with Gasteiger partial charge in [0.1, 0.15) is 6.26 Å². The smallest absolute Gasteiger partial charge is 0.399 e. The summed E-state index contributed by atoms with van der Waals surface area (Å²) in [6, 6.07) is 6.00. The summed E-state index contributed by atoms with van der Waals surface area (Å²) < 4.78 is 11.7. The molecule has 1 saturated carbocycles. The van der Waals surface area contributed by atoms with Gasteiger partial charge in [0.25, 0.3) is 0 Å². The number of oxazole rings is 1. The molecule has 0 saturated heterocycles. The quantitative estimate of drug-likeness (QED) is 0.886. The molecule has 0 atom stereocenters. The largest absolute Gasteiger partial charge is 0.417 e. The predicted octanol–water partition coefficient (Wildman–Crippen LogP) is 4.13. The van der Waals surface area contributed by atoms with Crippen LogP contribution in [0.4, 0.5) is 0 Å². The minimum atomic E-state index is 0.201. The van der Waals surface area contributed by atoms with Crippen LogP contribution in [-0.4, -0.2) is 11.0 Å². The molecule has 6 heteroatoms. The first-order chi connectivity index (χ1) is 9.20. The zero-order valence-electron chi connectivity index (χ0n) is 10.0. The minimum absolute atomic E-state index is 0.201. The average molecular weight is 344 g/mol. The van der Waals surface area contributed by atoms with E-state index in [0.29, 0.717) is 23.4 Å². The Hall–Kier alpha value is -1.04. The van der Waals surface area contributed by atoms with E-state index in [1.165, 1.54) is 12.8 Å². The number of nitrogens with one attached hydrogen (secondary N) is 1. The first-order valence-electron chi connectivity index (χ1n) is 6.01. The van der Waals surface area contributed by atoms with Gasteiger partial charge in [0.15, 0.2) is 5.75 Å². The van der Waals surface area contributed by atoms with Crippen molar-refractivity contribution in [2.45, 2.75) is 25.4 Å². The van der Waals surface area contributed by atoms with Crippen LogP contribution in [0.25, 0.3) is 0 Å². The molecule has 1 aliphatic carbocycles. The van der Waals surface area contributed by atoms with Crippen LogP contribution in [0.1, 0.15) is 18.5 Å². The number of aromatic nitrogens is 1. The third-order valence-corrected chi connectivity index (χ3v) is 3.58. The molecule has 4 nitrogen and oxygen atoms in total. The van der Waals surface area contributed by atoms with E-state index < -0.39 is 0 Å². The Kier molecular flexibility index (Phi) is 3.77. The number of hydrogen-bond acceptors (Lipinski definition) is 4. The van der Waals surface area contributed by atoms with Gasteiger partial charge in [0.05, 0.1) is 10.7 Å². The molecule has 0 amide bonds. The van der Waals surface area contributed by atoms with Crippen molar-refractivity contribution in [1.29, 1.82) is 0 Å².